The first-order valence-corrected chi connectivity index (χ1v) is 7.83. The number of hydrogen-bond acceptors (Lipinski definition) is 4. The van der Waals surface area contributed by atoms with E-state index in [1.54, 1.807) is 18.4 Å². The number of thiophene rings is 1. The summed E-state index contributed by atoms with van der Waals surface area (Å²) in [4.78, 5) is 13.5. The molecule has 4 nitrogen and oxygen atoms in total. The molecule has 1 heterocycles. The lowest BCUT2D eigenvalue weighted by molar-refractivity contribution is -0.123. The Morgan fingerprint density at radius 2 is 2.29 bits per heavy atom. The van der Waals surface area contributed by atoms with E-state index in [0.29, 0.717) is 6.42 Å². The summed E-state index contributed by atoms with van der Waals surface area (Å²) in [7, 11) is 1.63. The molecule has 1 atom stereocenters. The van der Waals surface area contributed by atoms with E-state index >= 15 is 0 Å². The lowest BCUT2D eigenvalue weighted by Gasteiger charge is -2.36. The van der Waals surface area contributed by atoms with Gasteiger partial charge in [0.05, 0.1) is 7.11 Å². The van der Waals surface area contributed by atoms with Crippen LogP contribution in [0.15, 0.2) is 35.7 Å². The van der Waals surface area contributed by atoms with Gasteiger partial charge in [-0.15, -0.1) is 11.3 Å². The first kappa shape index (κ1) is 13.9. The number of aryl methyl sites for hydroxylation is 1. The van der Waals surface area contributed by atoms with Crippen LogP contribution in [0.2, 0.25) is 0 Å². The van der Waals surface area contributed by atoms with Gasteiger partial charge in [-0.05, 0) is 42.8 Å². The van der Waals surface area contributed by atoms with Crippen molar-refractivity contribution in [3.63, 3.8) is 0 Å². The monoisotopic (exact) mass is 302 g/mol. The van der Waals surface area contributed by atoms with Gasteiger partial charge in [-0.2, -0.15) is 0 Å². The molecule has 1 unspecified atom stereocenters. The Hall–Kier alpha value is -2.01. The fourth-order valence-corrected chi connectivity index (χ4v) is 3.96. The van der Waals surface area contributed by atoms with Crippen molar-refractivity contribution in [1.29, 1.82) is 0 Å². The van der Waals surface area contributed by atoms with Crippen LogP contribution in [0.1, 0.15) is 23.3 Å². The number of carbonyl (C=O) groups is 1. The van der Waals surface area contributed by atoms with Crippen molar-refractivity contribution in [3.05, 3.63) is 46.2 Å². The van der Waals surface area contributed by atoms with Crippen LogP contribution in [0.4, 0.5) is 5.69 Å². The van der Waals surface area contributed by atoms with Crippen LogP contribution in [0, 0.1) is 0 Å². The number of carbonyl (C=O) groups excluding carboxylic acids is 1. The van der Waals surface area contributed by atoms with E-state index in [2.05, 4.69) is 5.32 Å². The Bertz CT molecular complexity index is 668. The molecule has 0 saturated heterocycles. The lowest BCUT2D eigenvalue weighted by Crippen LogP contribution is -2.49. The highest BCUT2D eigenvalue weighted by molar-refractivity contribution is 7.10. The molecule has 0 spiro atoms. The van der Waals surface area contributed by atoms with Crippen LogP contribution in [-0.2, 0) is 16.8 Å². The van der Waals surface area contributed by atoms with E-state index in [4.69, 9.17) is 10.5 Å². The van der Waals surface area contributed by atoms with Crippen molar-refractivity contribution in [3.8, 4) is 5.75 Å². The third-order valence-corrected chi connectivity index (χ3v) is 4.99. The van der Waals surface area contributed by atoms with E-state index < -0.39 is 5.54 Å². The largest absolute Gasteiger partial charge is 0.497 e. The minimum Gasteiger partial charge on any atom is -0.497 e. The van der Waals surface area contributed by atoms with Crippen LogP contribution in [0.5, 0.6) is 5.75 Å². The number of fused-ring (bicyclic) bond motifs is 1. The standard InChI is InChI=1S/C16H18N2O2S/c1-20-12-5-2-4-11(10-12)18-16(15(17)19)8-3-6-14-13(16)7-9-21-14/h2,4-5,7,9-10,18H,3,6,8H2,1H3,(H2,17,19). The highest BCUT2D eigenvalue weighted by Crippen LogP contribution is 2.40. The molecule has 5 heteroatoms. The van der Waals surface area contributed by atoms with Crippen molar-refractivity contribution < 1.29 is 9.53 Å². The van der Waals surface area contributed by atoms with E-state index in [-0.39, 0.29) is 5.91 Å². The summed E-state index contributed by atoms with van der Waals surface area (Å²) in [5, 5.41) is 5.39. The van der Waals surface area contributed by atoms with Crippen LogP contribution < -0.4 is 15.8 Å². The van der Waals surface area contributed by atoms with Gasteiger partial charge in [0.25, 0.3) is 0 Å². The van der Waals surface area contributed by atoms with Gasteiger partial charge in [0.2, 0.25) is 5.91 Å². The summed E-state index contributed by atoms with van der Waals surface area (Å²) in [5.41, 5.74) is 6.81. The minimum atomic E-state index is -0.819. The molecule has 1 aromatic carbocycles. The molecule has 1 aromatic heterocycles. The second-order valence-corrected chi connectivity index (χ2v) is 6.24. The van der Waals surface area contributed by atoms with E-state index in [9.17, 15) is 4.79 Å². The van der Waals surface area contributed by atoms with E-state index in [1.165, 1.54) is 4.88 Å². The zero-order valence-corrected chi connectivity index (χ0v) is 12.7. The van der Waals surface area contributed by atoms with E-state index in [1.807, 2.05) is 35.7 Å². The molecule has 0 saturated carbocycles. The molecule has 1 amide bonds. The maximum absolute atomic E-state index is 12.2. The average molecular weight is 302 g/mol. The predicted molar refractivity (Wildman–Crippen MR) is 84.7 cm³/mol. The molecule has 0 fully saturated rings. The SMILES string of the molecule is COc1cccc(NC2(C(N)=O)CCCc3sccc32)c1. The first-order valence-electron chi connectivity index (χ1n) is 6.95. The Balaban J connectivity index is 2.02. The summed E-state index contributed by atoms with van der Waals surface area (Å²) in [6, 6.07) is 9.59. The highest BCUT2D eigenvalue weighted by Gasteiger charge is 2.42. The van der Waals surface area contributed by atoms with Crippen LogP contribution in [0.25, 0.3) is 0 Å². The maximum Gasteiger partial charge on any atom is 0.247 e. The summed E-state index contributed by atoms with van der Waals surface area (Å²) in [5.74, 6) is 0.422. The zero-order valence-electron chi connectivity index (χ0n) is 11.9. The maximum atomic E-state index is 12.2. The summed E-state index contributed by atoms with van der Waals surface area (Å²) in [6.45, 7) is 0. The minimum absolute atomic E-state index is 0.329. The Labute approximate surface area is 127 Å². The highest BCUT2D eigenvalue weighted by atomic mass is 32.1. The van der Waals surface area contributed by atoms with Crippen LogP contribution in [-0.4, -0.2) is 13.0 Å². The fraction of sp³-hybridized carbons (Fsp3) is 0.312. The van der Waals surface area contributed by atoms with Gasteiger partial charge >= 0.3 is 0 Å². The topological polar surface area (TPSA) is 64.3 Å². The average Bonchev–Trinajstić information content (AvgIpc) is 2.97. The number of anilines is 1. The number of rotatable bonds is 4. The number of amides is 1. The third-order valence-electron chi connectivity index (χ3n) is 4.01. The molecule has 2 aromatic rings. The normalized spacial score (nSPS) is 20.6. The molecular formula is C16H18N2O2S. The number of nitrogens with one attached hydrogen (secondary N) is 1. The molecular weight excluding hydrogens is 284 g/mol. The Morgan fingerprint density at radius 1 is 1.43 bits per heavy atom. The molecule has 1 aliphatic carbocycles. The third kappa shape index (κ3) is 2.38. The van der Waals surface area contributed by atoms with Gasteiger partial charge in [0.1, 0.15) is 11.3 Å². The molecule has 0 aliphatic heterocycles. The van der Waals surface area contributed by atoms with Crippen molar-refractivity contribution in [2.45, 2.75) is 24.8 Å². The molecule has 110 valence electrons. The predicted octanol–water partition coefficient (Wildman–Crippen LogP) is 2.89. The lowest BCUT2D eigenvalue weighted by atomic mass is 9.79. The molecule has 0 radical (unpaired) electrons. The van der Waals surface area contributed by atoms with Crippen molar-refractivity contribution in [2.75, 3.05) is 12.4 Å². The zero-order chi connectivity index (χ0) is 14.9. The second-order valence-electron chi connectivity index (χ2n) is 5.24. The van der Waals surface area contributed by atoms with Crippen LogP contribution >= 0.6 is 11.3 Å². The van der Waals surface area contributed by atoms with Gasteiger partial charge in [0, 0.05) is 22.2 Å². The smallest absolute Gasteiger partial charge is 0.247 e. The van der Waals surface area contributed by atoms with Gasteiger partial charge in [-0.1, -0.05) is 6.07 Å². The molecule has 3 rings (SSSR count). The number of nitrogens with two attached hydrogens (primary N) is 1. The summed E-state index contributed by atoms with van der Waals surface area (Å²) >= 11 is 1.69. The van der Waals surface area contributed by atoms with E-state index in [0.717, 1.165) is 29.8 Å². The molecule has 3 N–H and O–H groups in total. The number of benzene rings is 1. The van der Waals surface area contributed by atoms with Gasteiger partial charge < -0.3 is 15.8 Å². The molecule has 21 heavy (non-hydrogen) atoms. The Morgan fingerprint density at radius 3 is 3.05 bits per heavy atom. The number of primary amides is 1. The fourth-order valence-electron chi connectivity index (χ4n) is 2.96. The summed E-state index contributed by atoms with van der Waals surface area (Å²) in [6.07, 6.45) is 2.68. The number of ether oxygens (including phenoxy) is 1. The molecule has 1 aliphatic rings. The quantitative estimate of drug-likeness (QED) is 0.912. The van der Waals surface area contributed by atoms with Crippen molar-refractivity contribution in [1.82, 2.24) is 0 Å². The first-order chi connectivity index (χ1) is 10.2. The number of methoxy groups -OCH3 is 1. The number of hydrogen-bond donors (Lipinski definition) is 2. The van der Waals surface area contributed by atoms with Crippen molar-refractivity contribution >= 4 is 22.9 Å². The summed E-state index contributed by atoms with van der Waals surface area (Å²) < 4.78 is 5.24. The van der Waals surface area contributed by atoms with Gasteiger partial charge in [-0.3, -0.25) is 4.79 Å². The van der Waals surface area contributed by atoms with Gasteiger partial charge in [-0.25, -0.2) is 0 Å². The Kier molecular flexibility index (Phi) is 3.59. The van der Waals surface area contributed by atoms with Crippen LogP contribution in [0.3, 0.4) is 0 Å². The van der Waals surface area contributed by atoms with Crippen molar-refractivity contribution in [2.24, 2.45) is 5.73 Å². The van der Waals surface area contributed by atoms with Gasteiger partial charge in [0.15, 0.2) is 0 Å². The molecule has 0 bridgehead atoms. The second kappa shape index (κ2) is 5.41.